The molecule has 2 heterocycles. The van der Waals surface area contributed by atoms with E-state index in [4.69, 9.17) is 9.73 Å². The highest BCUT2D eigenvalue weighted by Gasteiger charge is 2.23. The maximum Gasteiger partial charge on any atom is 0.335 e. The van der Waals surface area contributed by atoms with Crippen LogP contribution in [-0.2, 0) is 9.53 Å². The number of benzene rings is 1. The van der Waals surface area contributed by atoms with Gasteiger partial charge in [-0.25, -0.2) is 4.79 Å². The zero-order valence-electron chi connectivity index (χ0n) is 18.3. The van der Waals surface area contributed by atoms with Crippen LogP contribution in [0.25, 0.3) is 0 Å². The van der Waals surface area contributed by atoms with E-state index < -0.39 is 5.97 Å². The molecule has 0 saturated carbocycles. The van der Waals surface area contributed by atoms with E-state index in [0.717, 1.165) is 45.6 Å². The number of aliphatic imine (C=N–C) groups is 1. The first-order chi connectivity index (χ1) is 14.9. The fourth-order valence-corrected chi connectivity index (χ4v) is 3.74. The van der Waals surface area contributed by atoms with E-state index in [1.165, 1.54) is 0 Å². The number of rotatable bonds is 7. The molecule has 0 aromatic heterocycles. The predicted molar refractivity (Wildman–Crippen MR) is 120 cm³/mol. The van der Waals surface area contributed by atoms with Gasteiger partial charge in [-0.1, -0.05) is 6.07 Å². The number of anilines is 1. The maximum absolute atomic E-state index is 12.1. The van der Waals surface area contributed by atoms with Gasteiger partial charge >= 0.3 is 5.97 Å². The number of carbonyl (C=O) groups excluding carboxylic acids is 1. The van der Waals surface area contributed by atoms with Gasteiger partial charge in [-0.15, -0.1) is 0 Å². The van der Waals surface area contributed by atoms with Crippen molar-refractivity contribution >= 4 is 23.5 Å². The third-order valence-electron chi connectivity index (χ3n) is 5.32. The molecule has 170 valence electrons. The van der Waals surface area contributed by atoms with Crippen LogP contribution in [0, 0.1) is 0 Å². The van der Waals surface area contributed by atoms with Gasteiger partial charge in [0.05, 0.1) is 24.8 Å². The van der Waals surface area contributed by atoms with E-state index in [9.17, 15) is 14.7 Å². The third-order valence-corrected chi connectivity index (χ3v) is 5.32. The van der Waals surface area contributed by atoms with Crippen LogP contribution < -0.4 is 10.6 Å². The normalized spacial score (nSPS) is 20.2. The molecule has 2 aliphatic rings. The Morgan fingerprint density at radius 1 is 1.26 bits per heavy atom. The zero-order chi connectivity index (χ0) is 22.2. The summed E-state index contributed by atoms with van der Waals surface area (Å²) in [6.45, 7) is 8.61. The Balaban J connectivity index is 1.64. The summed E-state index contributed by atoms with van der Waals surface area (Å²) in [4.78, 5) is 32.4. The van der Waals surface area contributed by atoms with Crippen LogP contribution >= 0.6 is 0 Å². The molecule has 31 heavy (non-hydrogen) atoms. The Bertz CT molecular complexity index is 784. The molecule has 3 rings (SSSR count). The van der Waals surface area contributed by atoms with Gasteiger partial charge in [-0.3, -0.25) is 14.7 Å². The van der Waals surface area contributed by atoms with Gasteiger partial charge in [-0.05, 0) is 44.9 Å². The van der Waals surface area contributed by atoms with Gasteiger partial charge in [0.25, 0.3) is 0 Å². The minimum Gasteiger partial charge on any atom is -0.478 e. The number of ether oxygens (including phenoxy) is 1. The van der Waals surface area contributed by atoms with Gasteiger partial charge < -0.3 is 25.4 Å². The summed E-state index contributed by atoms with van der Waals surface area (Å²) in [5.41, 5.74) is 0.911. The first-order valence-electron chi connectivity index (χ1n) is 10.9. The number of piperazine rings is 1. The van der Waals surface area contributed by atoms with Crippen LogP contribution in [0.5, 0.6) is 0 Å². The van der Waals surface area contributed by atoms with E-state index >= 15 is 0 Å². The highest BCUT2D eigenvalue weighted by molar-refractivity contribution is 5.96. The van der Waals surface area contributed by atoms with Crippen molar-refractivity contribution in [3.05, 3.63) is 29.8 Å². The molecule has 1 aromatic carbocycles. The monoisotopic (exact) mass is 431 g/mol. The second-order valence-electron chi connectivity index (χ2n) is 8.30. The standard InChI is InChI=1S/C22H33N5O4/c1-16(2)24-20(28)15-26-8-10-27(11-9-26)22(23-14-19-7-4-12-31-19)25-18-6-3-5-17(13-18)21(29)30/h3,5-6,13,16,19H,4,7-12,14-15H2,1-2H3,(H,23,25)(H,24,28)(H,29,30)/t19-/m0/s1. The SMILES string of the molecule is CC(C)NC(=O)CN1CCN(C(=NC[C@@H]2CCCO2)Nc2cccc(C(=O)O)c2)CC1. The molecule has 0 unspecified atom stereocenters. The average Bonchev–Trinajstić information content (AvgIpc) is 3.25. The summed E-state index contributed by atoms with van der Waals surface area (Å²) < 4.78 is 5.70. The average molecular weight is 432 g/mol. The molecule has 2 saturated heterocycles. The van der Waals surface area contributed by atoms with Gasteiger partial charge in [0.15, 0.2) is 5.96 Å². The van der Waals surface area contributed by atoms with E-state index in [1.807, 2.05) is 19.9 Å². The van der Waals surface area contributed by atoms with Crippen molar-refractivity contribution in [2.24, 2.45) is 4.99 Å². The van der Waals surface area contributed by atoms with Crippen LogP contribution in [0.4, 0.5) is 5.69 Å². The van der Waals surface area contributed by atoms with Crippen LogP contribution in [0.2, 0.25) is 0 Å². The molecule has 3 N–H and O–H groups in total. The Labute approximate surface area is 183 Å². The minimum absolute atomic E-state index is 0.0410. The molecule has 0 spiro atoms. The van der Waals surface area contributed by atoms with E-state index in [0.29, 0.717) is 24.7 Å². The molecule has 9 nitrogen and oxygen atoms in total. The Morgan fingerprint density at radius 3 is 2.68 bits per heavy atom. The molecule has 0 aliphatic carbocycles. The number of hydrogen-bond donors (Lipinski definition) is 3. The van der Waals surface area contributed by atoms with E-state index in [1.54, 1.807) is 18.2 Å². The number of guanidine groups is 1. The highest BCUT2D eigenvalue weighted by atomic mass is 16.5. The summed E-state index contributed by atoms with van der Waals surface area (Å²) in [6, 6.07) is 6.86. The molecule has 2 aliphatic heterocycles. The number of carboxylic acid groups (broad SMARTS) is 1. The summed E-state index contributed by atoms with van der Waals surface area (Å²) in [5, 5.41) is 15.5. The zero-order valence-corrected chi connectivity index (χ0v) is 18.3. The molecule has 0 bridgehead atoms. The summed E-state index contributed by atoms with van der Waals surface area (Å²) in [6.07, 6.45) is 2.19. The van der Waals surface area contributed by atoms with Crippen molar-refractivity contribution in [3.63, 3.8) is 0 Å². The van der Waals surface area contributed by atoms with Crippen LogP contribution in [-0.4, -0.2) is 90.8 Å². The first kappa shape index (κ1) is 23.0. The minimum atomic E-state index is -0.963. The third kappa shape index (κ3) is 7.22. The topological polar surface area (TPSA) is 107 Å². The lowest BCUT2D eigenvalue weighted by atomic mass is 10.2. The van der Waals surface area contributed by atoms with Gasteiger partial charge in [-0.2, -0.15) is 0 Å². The molecule has 1 atom stereocenters. The first-order valence-corrected chi connectivity index (χ1v) is 10.9. The second-order valence-corrected chi connectivity index (χ2v) is 8.30. The molecule has 1 amide bonds. The molecule has 1 aromatic rings. The largest absolute Gasteiger partial charge is 0.478 e. The molecule has 2 fully saturated rings. The lowest BCUT2D eigenvalue weighted by Crippen LogP contribution is -2.53. The predicted octanol–water partition coefficient (Wildman–Crippen LogP) is 1.47. The number of nitrogens with one attached hydrogen (secondary N) is 2. The Kier molecular flexibility index (Phi) is 8.25. The lowest BCUT2D eigenvalue weighted by molar-refractivity contribution is -0.123. The fourth-order valence-electron chi connectivity index (χ4n) is 3.74. The highest BCUT2D eigenvalue weighted by Crippen LogP contribution is 2.15. The van der Waals surface area contributed by atoms with E-state index in [2.05, 4.69) is 20.4 Å². The quantitative estimate of drug-likeness (QED) is 0.443. The van der Waals surface area contributed by atoms with E-state index in [-0.39, 0.29) is 23.6 Å². The number of aromatic carboxylic acids is 1. The maximum atomic E-state index is 12.1. The number of amides is 1. The summed E-state index contributed by atoms with van der Waals surface area (Å²) in [7, 11) is 0. The van der Waals surface area contributed by atoms with Crippen molar-refractivity contribution in [1.29, 1.82) is 0 Å². The fraction of sp³-hybridized carbons (Fsp3) is 0.591. The Morgan fingerprint density at radius 2 is 2.03 bits per heavy atom. The smallest absolute Gasteiger partial charge is 0.335 e. The number of hydrogen-bond acceptors (Lipinski definition) is 5. The number of carboxylic acids is 1. The number of nitrogens with zero attached hydrogens (tertiary/aromatic N) is 3. The molecule has 9 heteroatoms. The van der Waals surface area contributed by atoms with Gasteiger partial charge in [0.2, 0.25) is 5.91 Å². The van der Waals surface area contributed by atoms with Crippen molar-refractivity contribution in [2.75, 3.05) is 51.2 Å². The van der Waals surface area contributed by atoms with Crippen molar-refractivity contribution in [2.45, 2.75) is 38.8 Å². The van der Waals surface area contributed by atoms with Crippen molar-refractivity contribution < 1.29 is 19.4 Å². The van der Waals surface area contributed by atoms with Crippen molar-refractivity contribution in [1.82, 2.24) is 15.1 Å². The second kappa shape index (κ2) is 11.1. The molecule has 0 radical (unpaired) electrons. The molecular formula is C22H33N5O4. The van der Waals surface area contributed by atoms with Crippen LogP contribution in [0.3, 0.4) is 0 Å². The summed E-state index contributed by atoms with van der Waals surface area (Å²) in [5.74, 6) is -0.210. The Hall–Kier alpha value is -2.65. The lowest BCUT2D eigenvalue weighted by Gasteiger charge is -2.36. The van der Waals surface area contributed by atoms with Crippen LogP contribution in [0.15, 0.2) is 29.3 Å². The van der Waals surface area contributed by atoms with Gasteiger partial charge in [0, 0.05) is 44.5 Å². The molecular weight excluding hydrogens is 398 g/mol. The summed E-state index contributed by atoms with van der Waals surface area (Å²) >= 11 is 0. The van der Waals surface area contributed by atoms with Gasteiger partial charge in [0.1, 0.15) is 0 Å². The van der Waals surface area contributed by atoms with Crippen molar-refractivity contribution in [3.8, 4) is 0 Å². The van der Waals surface area contributed by atoms with Crippen LogP contribution in [0.1, 0.15) is 37.0 Å². The number of carbonyl (C=O) groups is 2.